The molecule has 0 N–H and O–H groups in total. The maximum absolute atomic E-state index is 13.7. The third-order valence-electron chi connectivity index (χ3n) is 6.40. The molecule has 2 aromatic carbocycles. The molecule has 0 aromatic heterocycles. The minimum atomic E-state index is -3.79. The van der Waals surface area contributed by atoms with Crippen LogP contribution < -0.4 is 0 Å². The van der Waals surface area contributed by atoms with E-state index in [4.69, 9.17) is 0 Å². The van der Waals surface area contributed by atoms with Crippen LogP contribution >= 0.6 is 0 Å². The minimum Gasteiger partial charge on any atom is -0.343 e. The number of rotatable bonds is 11. The highest BCUT2D eigenvalue weighted by atomic mass is 32.2. The van der Waals surface area contributed by atoms with Gasteiger partial charge >= 0.3 is 0 Å². The van der Waals surface area contributed by atoms with Crippen LogP contribution in [0.4, 0.5) is 0 Å². The van der Waals surface area contributed by atoms with Gasteiger partial charge in [0, 0.05) is 38.6 Å². The lowest BCUT2D eigenvalue weighted by Crippen LogP contribution is -2.51. The summed E-state index contributed by atoms with van der Waals surface area (Å²) in [5.74, 6) is -0.0462. The Hall–Kier alpha value is -2.71. The molecule has 1 heterocycles. The van der Waals surface area contributed by atoms with Crippen molar-refractivity contribution in [2.75, 3.05) is 26.2 Å². The first-order chi connectivity index (χ1) is 16.9. The number of amides is 2. The topological polar surface area (TPSA) is 78.0 Å². The Morgan fingerprint density at radius 1 is 0.914 bits per heavy atom. The highest BCUT2D eigenvalue weighted by molar-refractivity contribution is 7.89. The van der Waals surface area contributed by atoms with Crippen molar-refractivity contribution in [3.8, 4) is 0 Å². The number of carbonyl (C=O) groups is 2. The zero-order valence-electron chi connectivity index (χ0n) is 20.8. The van der Waals surface area contributed by atoms with Crippen LogP contribution in [-0.2, 0) is 26.2 Å². The van der Waals surface area contributed by atoms with Crippen LogP contribution in [0.25, 0.3) is 0 Å². The Morgan fingerprint density at radius 3 is 2.09 bits per heavy atom. The predicted molar refractivity (Wildman–Crippen MR) is 137 cm³/mol. The van der Waals surface area contributed by atoms with Gasteiger partial charge < -0.3 is 9.80 Å². The summed E-state index contributed by atoms with van der Waals surface area (Å²) < 4.78 is 27.9. The standard InChI is InChI=1S/C27H37N3O4S/c1-3-11-26(31)28-19-16-24(17-20-28)30(21-23-12-7-5-8-13-23)27(32)22-29(18-4-2)35(33,34)25-14-9-6-10-15-25/h5-10,12-15,24H,3-4,11,16-22H2,1-2H3. The number of carbonyl (C=O) groups excluding carboxylic acids is 2. The van der Waals surface area contributed by atoms with E-state index in [1.165, 1.54) is 4.31 Å². The number of hydrogen-bond donors (Lipinski definition) is 0. The van der Waals surface area contributed by atoms with Crippen molar-refractivity contribution < 1.29 is 18.0 Å². The lowest BCUT2D eigenvalue weighted by molar-refractivity contribution is -0.137. The molecule has 1 saturated heterocycles. The average molecular weight is 500 g/mol. The SMILES string of the molecule is CCCC(=O)N1CCC(N(Cc2ccccc2)C(=O)CN(CCC)S(=O)(=O)c2ccccc2)CC1. The van der Waals surface area contributed by atoms with Crippen LogP contribution in [-0.4, -0.2) is 66.6 Å². The largest absolute Gasteiger partial charge is 0.343 e. The molecule has 1 fully saturated rings. The molecule has 0 atom stereocenters. The van der Waals surface area contributed by atoms with Gasteiger partial charge in [0.15, 0.2) is 0 Å². The minimum absolute atomic E-state index is 0.0451. The van der Waals surface area contributed by atoms with E-state index in [2.05, 4.69) is 0 Å². The maximum Gasteiger partial charge on any atom is 0.243 e. The normalized spacial score (nSPS) is 14.8. The molecule has 0 bridgehead atoms. The molecule has 190 valence electrons. The van der Waals surface area contributed by atoms with Gasteiger partial charge in [0.2, 0.25) is 21.8 Å². The number of benzene rings is 2. The quantitative estimate of drug-likeness (QED) is 0.470. The van der Waals surface area contributed by atoms with E-state index in [0.29, 0.717) is 45.3 Å². The van der Waals surface area contributed by atoms with Crippen molar-refractivity contribution in [3.05, 3.63) is 66.2 Å². The molecule has 0 saturated carbocycles. The molecule has 8 heteroatoms. The Morgan fingerprint density at radius 2 is 1.51 bits per heavy atom. The van der Waals surface area contributed by atoms with Crippen molar-refractivity contribution in [2.24, 2.45) is 0 Å². The first kappa shape index (κ1) is 26.9. The first-order valence-corrected chi connectivity index (χ1v) is 14.0. The van der Waals surface area contributed by atoms with Crippen molar-refractivity contribution in [1.82, 2.24) is 14.1 Å². The molecule has 0 aliphatic carbocycles. The molecule has 1 aliphatic rings. The van der Waals surface area contributed by atoms with Crippen LogP contribution in [0.5, 0.6) is 0 Å². The molecule has 1 aliphatic heterocycles. The fourth-order valence-corrected chi connectivity index (χ4v) is 6.02. The molecule has 0 spiro atoms. The van der Waals surface area contributed by atoms with Gasteiger partial charge in [-0.05, 0) is 43.4 Å². The smallest absolute Gasteiger partial charge is 0.243 e. The van der Waals surface area contributed by atoms with Gasteiger partial charge in [-0.1, -0.05) is 62.4 Å². The van der Waals surface area contributed by atoms with Gasteiger partial charge in [-0.25, -0.2) is 8.42 Å². The second-order valence-electron chi connectivity index (χ2n) is 9.02. The predicted octanol–water partition coefficient (Wildman–Crippen LogP) is 3.91. The summed E-state index contributed by atoms with van der Waals surface area (Å²) in [5, 5.41) is 0. The average Bonchev–Trinajstić information content (AvgIpc) is 2.88. The van der Waals surface area contributed by atoms with Crippen molar-refractivity contribution in [1.29, 1.82) is 0 Å². The van der Waals surface area contributed by atoms with Crippen LogP contribution in [0.1, 0.15) is 51.5 Å². The summed E-state index contributed by atoms with van der Waals surface area (Å²) in [6, 6.07) is 18.0. The van der Waals surface area contributed by atoms with Crippen LogP contribution in [0.15, 0.2) is 65.6 Å². The summed E-state index contributed by atoms with van der Waals surface area (Å²) in [4.78, 5) is 29.9. The molecule has 0 radical (unpaired) electrons. The second kappa shape index (κ2) is 12.8. The Kier molecular flexibility index (Phi) is 9.86. The third-order valence-corrected chi connectivity index (χ3v) is 8.26. The van der Waals surface area contributed by atoms with Crippen molar-refractivity contribution >= 4 is 21.8 Å². The fraction of sp³-hybridized carbons (Fsp3) is 0.481. The zero-order chi connectivity index (χ0) is 25.3. The summed E-state index contributed by atoms with van der Waals surface area (Å²) in [6.45, 7) is 5.61. The van der Waals surface area contributed by atoms with E-state index < -0.39 is 10.0 Å². The van der Waals surface area contributed by atoms with Crippen LogP contribution in [0, 0.1) is 0 Å². The van der Waals surface area contributed by atoms with Gasteiger partial charge in [-0.3, -0.25) is 9.59 Å². The molecule has 35 heavy (non-hydrogen) atoms. The molecular formula is C27H37N3O4S. The van der Waals surface area contributed by atoms with E-state index >= 15 is 0 Å². The first-order valence-electron chi connectivity index (χ1n) is 12.5. The number of sulfonamides is 1. The molecular weight excluding hydrogens is 462 g/mol. The molecule has 0 unspecified atom stereocenters. The van der Waals surface area contributed by atoms with E-state index in [1.54, 1.807) is 30.3 Å². The molecule has 3 rings (SSSR count). The monoisotopic (exact) mass is 499 g/mol. The van der Waals surface area contributed by atoms with Crippen LogP contribution in [0.3, 0.4) is 0 Å². The lowest BCUT2D eigenvalue weighted by atomic mass is 10.0. The van der Waals surface area contributed by atoms with Crippen molar-refractivity contribution in [2.45, 2.75) is 63.4 Å². The second-order valence-corrected chi connectivity index (χ2v) is 11.0. The highest BCUT2D eigenvalue weighted by Crippen LogP contribution is 2.22. The maximum atomic E-state index is 13.7. The van der Waals surface area contributed by atoms with Crippen LogP contribution in [0.2, 0.25) is 0 Å². The zero-order valence-corrected chi connectivity index (χ0v) is 21.6. The van der Waals surface area contributed by atoms with E-state index in [1.807, 2.05) is 54.0 Å². The summed E-state index contributed by atoms with van der Waals surface area (Å²) in [5.41, 5.74) is 0.998. The van der Waals surface area contributed by atoms with Gasteiger partial charge in [-0.15, -0.1) is 0 Å². The molecule has 7 nitrogen and oxygen atoms in total. The molecule has 2 amide bonds. The van der Waals surface area contributed by atoms with Gasteiger partial charge in [0.25, 0.3) is 0 Å². The van der Waals surface area contributed by atoms with Crippen molar-refractivity contribution in [3.63, 3.8) is 0 Å². The summed E-state index contributed by atoms with van der Waals surface area (Å²) in [6.07, 6.45) is 3.34. The number of likely N-dealkylation sites (tertiary alicyclic amines) is 1. The molecule has 2 aromatic rings. The van der Waals surface area contributed by atoms with Gasteiger partial charge in [0.05, 0.1) is 11.4 Å². The summed E-state index contributed by atoms with van der Waals surface area (Å²) >= 11 is 0. The lowest BCUT2D eigenvalue weighted by Gasteiger charge is -2.39. The Labute approximate surface area is 209 Å². The Balaban J connectivity index is 1.80. The number of nitrogens with zero attached hydrogens (tertiary/aromatic N) is 3. The summed E-state index contributed by atoms with van der Waals surface area (Å²) in [7, 11) is -3.79. The van der Waals surface area contributed by atoms with Gasteiger partial charge in [-0.2, -0.15) is 4.31 Å². The Bertz CT molecular complexity index is 1050. The van der Waals surface area contributed by atoms with E-state index in [0.717, 1.165) is 12.0 Å². The highest BCUT2D eigenvalue weighted by Gasteiger charge is 2.33. The van der Waals surface area contributed by atoms with E-state index in [9.17, 15) is 18.0 Å². The number of piperidine rings is 1. The third kappa shape index (κ3) is 7.15. The fourth-order valence-electron chi connectivity index (χ4n) is 4.52. The van der Waals surface area contributed by atoms with E-state index in [-0.39, 0.29) is 35.8 Å². The van der Waals surface area contributed by atoms with Gasteiger partial charge in [0.1, 0.15) is 0 Å². The number of hydrogen-bond acceptors (Lipinski definition) is 4.